The quantitative estimate of drug-likeness (QED) is 0.829. The summed E-state index contributed by atoms with van der Waals surface area (Å²) in [6, 6.07) is 1.46. The molecule has 2 N–H and O–H groups in total. The summed E-state index contributed by atoms with van der Waals surface area (Å²) in [4.78, 5) is 11.0. The fraction of sp³-hybridized carbons (Fsp3) is 0.273. The standard InChI is InChI=1S/C11H12FN5/c1-7-9(16-17-3-2-13-6-17)4-8(12)11-10(7)14-5-15-11/h4-6,16H,2-3H2,1H3,(H,14,15). The highest BCUT2D eigenvalue weighted by Crippen LogP contribution is 2.26. The highest BCUT2D eigenvalue weighted by molar-refractivity contribution is 5.84. The second-order valence-electron chi connectivity index (χ2n) is 3.98. The number of aryl methyl sites for hydroxylation is 1. The third-order valence-electron chi connectivity index (χ3n) is 2.87. The lowest BCUT2D eigenvalue weighted by Crippen LogP contribution is -2.27. The van der Waals surface area contributed by atoms with E-state index in [9.17, 15) is 4.39 Å². The molecule has 1 aliphatic heterocycles. The number of hydrogen-bond donors (Lipinski definition) is 2. The van der Waals surface area contributed by atoms with Crippen LogP contribution >= 0.6 is 0 Å². The summed E-state index contributed by atoms with van der Waals surface area (Å²) in [5.74, 6) is -0.328. The highest BCUT2D eigenvalue weighted by Gasteiger charge is 2.13. The Morgan fingerprint density at radius 3 is 3.18 bits per heavy atom. The summed E-state index contributed by atoms with van der Waals surface area (Å²) in [7, 11) is 0. The molecule has 2 aromatic rings. The van der Waals surface area contributed by atoms with Crippen LogP contribution in [0.1, 0.15) is 5.56 Å². The predicted octanol–water partition coefficient (Wildman–Crippen LogP) is 1.68. The molecule has 17 heavy (non-hydrogen) atoms. The van der Waals surface area contributed by atoms with Crippen molar-refractivity contribution < 1.29 is 4.39 Å². The van der Waals surface area contributed by atoms with Crippen molar-refractivity contribution in [2.24, 2.45) is 4.99 Å². The summed E-state index contributed by atoms with van der Waals surface area (Å²) < 4.78 is 13.8. The number of fused-ring (bicyclic) bond motifs is 1. The van der Waals surface area contributed by atoms with Crippen LogP contribution in [0.4, 0.5) is 10.1 Å². The fourth-order valence-corrected chi connectivity index (χ4v) is 1.93. The van der Waals surface area contributed by atoms with E-state index in [-0.39, 0.29) is 5.82 Å². The van der Waals surface area contributed by atoms with Gasteiger partial charge in [-0.3, -0.25) is 15.4 Å². The highest BCUT2D eigenvalue weighted by atomic mass is 19.1. The number of nitrogens with zero attached hydrogens (tertiary/aromatic N) is 3. The zero-order chi connectivity index (χ0) is 11.8. The normalized spacial score (nSPS) is 14.8. The van der Waals surface area contributed by atoms with Crippen molar-refractivity contribution in [2.75, 3.05) is 18.5 Å². The number of aromatic nitrogens is 2. The Morgan fingerprint density at radius 2 is 2.41 bits per heavy atom. The number of aromatic amines is 1. The first-order chi connectivity index (χ1) is 8.25. The molecule has 0 saturated heterocycles. The predicted molar refractivity (Wildman–Crippen MR) is 64.5 cm³/mol. The van der Waals surface area contributed by atoms with Crippen molar-refractivity contribution in [3.8, 4) is 0 Å². The van der Waals surface area contributed by atoms with Gasteiger partial charge in [-0.2, -0.15) is 0 Å². The molecule has 0 bridgehead atoms. The number of rotatable bonds is 2. The molecule has 3 rings (SSSR count). The minimum absolute atomic E-state index is 0.328. The van der Waals surface area contributed by atoms with Crippen LogP contribution in [-0.4, -0.2) is 34.4 Å². The first-order valence-corrected chi connectivity index (χ1v) is 5.41. The molecule has 0 aliphatic carbocycles. The van der Waals surface area contributed by atoms with Crippen molar-refractivity contribution in [1.82, 2.24) is 15.0 Å². The van der Waals surface area contributed by atoms with Crippen LogP contribution in [0, 0.1) is 12.7 Å². The molecule has 0 radical (unpaired) electrons. The van der Waals surface area contributed by atoms with Crippen LogP contribution in [0.15, 0.2) is 17.4 Å². The second kappa shape index (κ2) is 3.73. The monoisotopic (exact) mass is 233 g/mol. The molecule has 1 aliphatic rings. The van der Waals surface area contributed by atoms with E-state index in [1.54, 1.807) is 6.34 Å². The zero-order valence-electron chi connectivity index (χ0n) is 9.37. The van der Waals surface area contributed by atoms with E-state index in [2.05, 4.69) is 20.4 Å². The molecular formula is C11H12FN5. The van der Waals surface area contributed by atoms with E-state index < -0.39 is 0 Å². The molecule has 6 heteroatoms. The first-order valence-electron chi connectivity index (χ1n) is 5.41. The van der Waals surface area contributed by atoms with Gasteiger partial charge < -0.3 is 4.98 Å². The van der Waals surface area contributed by atoms with Crippen LogP contribution in [0.3, 0.4) is 0 Å². The Kier molecular flexibility index (Phi) is 2.21. The zero-order valence-corrected chi connectivity index (χ0v) is 9.37. The summed E-state index contributed by atoms with van der Waals surface area (Å²) in [5.41, 5.74) is 5.90. The summed E-state index contributed by atoms with van der Waals surface area (Å²) in [5, 5.41) is 1.84. The lowest BCUT2D eigenvalue weighted by Gasteiger charge is -2.18. The SMILES string of the molecule is Cc1c(NN2C=NCC2)cc(F)c2nc[nH]c12. The van der Waals surface area contributed by atoms with Crippen molar-refractivity contribution in [2.45, 2.75) is 6.92 Å². The molecule has 5 nitrogen and oxygen atoms in total. The number of aliphatic imine (C=N–C) groups is 1. The topological polar surface area (TPSA) is 56.3 Å². The minimum Gasteiger partial charge on any atom is -0.344 e. The largest absolute Gasteiger partial charge is 0.344 e. The molecule has 0 spiro atoms. The van der Waals surface area contributed by atoms with E-state index in [0.717, 1.165) is 29.9 Å². The Balaban J connectivity index is 2.03. The van der Waals surface area contributed by atoms with Gasteiger partial charge in [0.2, 0.25) is 0 Å². The lowest BCUT2D eigenvalue weighted by molar-refractivity contribution is 0.555. The number of hydrogen-bond acceptors (Lipinski definition) is 4. The van der Waals surface area contributed by atoms with E-state index in [0.29, 0.717) is 5.52 Å². The molecule has 88 valence electrons. The van der Waals surface area contributed by atoms with Crippen LogP contribution < -0.4 is 5.43 Å². The minimum atomic E-state index is -0.328. The van der Waals surface area contributed by atoms with Crippen molar-refractivity contribution >= 4 is 23.1 Å². The lowest BCUT2D eigenvalue weighted by atomic mass is 10.1. The first kappa shape index (κ1) is 10.1. The molecular weight excluding hydrogens is 221 g/mol. The summed E-state index contributed by atoms with van der Waals surface area (Å²) >= 11 is 0. The molecule has 1 aromatic heterocycles. The number of imidazole rings is 1. The van der Waals surface area contributed by atoms with Gasteiger partial charge in [0, 0.05) is 6.07 Å². The Bertz CT molecular complexity index is 589. The third kappa shape index (κ3) is 1.61. The Morgan fingerprint density at radius 1 is 1.53 bits per heavy atom. The smallest absolute Gasteiger partial charge is 0.153 e. The fourth-order valence-electron chi connectivity index (χ4n) is 1.93. The van der Waals surface area contributed by atoms with Gasteiger partial charge >= 0.3 is 0 Å². The van der Waals surface area contributed by atoms with E-state index in [4.69, 9.17) is 0 Å². The van der Waals surface area contributed by atoms with Gasteiger partial charge in [-0.25, -0.2) is 9.37 Å². The van der Waals surface area contributed by atoms with Gasteiger partial charge in [0.1, 0.15) is 11.9 Å². The van der Waals surface area contributed by atoms with E-state index >= 15 is 0 Å². The average molecular weight is 233 g/mol. The average Bonchev–Trinajstić information content (AvgIpc) is 2.96. The summed E-state index contributed by atoms with van der Waals surface area (Å²) in [6.45, 7) is 3.48. The van der Waals surface area contributed by atoms with Gasteiger partial charge in [-0.05, 0) is 12.5 Å². The number of halogens is 1. The summed E-state index contributed by atoms with van der Waals surface area (Å²) in [6.07, 6.45) is 3.22. The number of hydrazine groups is 1. The molecule has 1 aromatic carbocycles. The van der Waals surface area contributed by atoms with E-state index in [1.165, 1.54) is 12.4 Å². The van der Waals surface area contributed by atoms with Gasteiger partial charge in [-0.15, -0.1) is 0 Å². The van der Waals surface area contributed by atoms with Crippen LogP contribution in [0.2, 0.25) is 0 Å². The number of anilines is 1. The molecule has 0 unspecified atom stereocenters. The van der Waals surface area contributed by atoms with Gasteiger partial charge in [0.05, 0.1) is 30.6 Å². The van der Waals surface area contributed by atoms with Gasteiger partial charge in [-0.1, -0.05) is 0 Å². The maximum Gasteiger partial charge on any atom is 0.153 e. The van der Waals surface area contributed by atoms with Crippen LogP contribution in [-0.2, 0) is 0 Å². The maximum atomic E-state index is 13.8. The molecule has 0 amide bonds. The van der Waals surface area contributed by atoms with Crippen LogP contribution in [0.5, 0.6) is 0 Å². The Labute approximate surface area is 97.3 Å². The maximum absolute atomic E-state index is 13.8. The van der Waals surface area contributed by atoms with Crippen molar-refractivity contribution in [3.63, 3.8) is 0 Å². The van der Waals surface area contributed by atoms with Gasteiger partial charge in [0.25, 0.3) is 0 Å². The second-order valence-corrected chi connectivity index (χ2v) is 3.98. The molecule has 0 atom stereocenters. The number of nitrogens with one attached hydrogen (secondary N) is 2. The van der Waals surface area contributed by atoms with Crippen molar-refractivity contribution in [1.29, 1.82) is 0 Å². The van der Waals surface area contributed by atoms with Crippen molar-refractivity contribution in [3.05, 3.63) is 23.8 Å². The third-order valence-corrected chi connectivity index (χ3v) is 2.87. The molecule has 0 saturated carbocycles. The van der Waals surface area contributed by atoms with Crippen LogP contribution in [0.25, 0.3) is 11.0 Å². The molecule has 2 heterocycles. The van der Waals surface area contributed by atoms with E-state index in [1.807, 2.05) is 11.9 Å². The number of benzene rings is 1. The molecule has 0 fully saturated rings. The Hall–Kier alpha value is -2.11. The van der Waals surface area contributed by atoms with Gasteiger partial charge in [0.15, 0.2) is 5.82 Å². The number of H-pyrrole nitrogens is 1.